The number of carbonyl (C=O) groups excluding carboxylic acids is 1. The molecule has 0 unspecified atom stereocenters. The Kier molecular flexibility index (Phi) is 3.39. The van der Waals surface area contributed by atoms with Gasteiger partial charge in [0.15, 0.2) is 5.78 Å². The lowest BCUT2D eigenvalue weighted by Crippen LogP contribution is -2.17. The fourth-order valence-corrected chi connectivity index (χ4v) is 2.22. The molecule has 1 aliphatic heterocycles. The molecule has 86 valence electrons. The van der Waals surface area contributed by atoms with Gasteiger partial charge in [0, 0.05) is 18.7 Å². The SMILES string of the molecule is CCCCN1Cc2ccc(C(C)=O)cc2C1. The first-order chi connectivity index (χ1) is 7.70. The number of hydrogen-bond acceptors (Lipinski definition) is 2. The van der Waals surface area contributed by atoms with Crippen molar-refractivity contribution in [3.05, 3.63) is 34.9 Å². The average molecular weight is 217 g/mol. The summed E-state index contributed by atoms with van der Waals surface area (Å²) in [6.45, 7) is 7.08. The van der Waals surface area contributed by atoms with E-state index in [4.69, 9.17) is 0 Å². The minimum atomic E-state index is 0.162. The maximum atomic E-state index is 11.3. The standard InChI is InChI=1S/C14H19NO/c1-3-4-7-15-9-13-6-5-12(11(2)16)8-14(13)10-15/h5-6,8H,3-4,7,9-10H2,1-2H3. The molecule has 0 saturated heterocycles. The van der Waals surface area contributed by atoms with Crippen LogP contribution in [0.4, 0.5) is 0 Å². The third kappa shape index (κ3) is 2.33. The predicted octanol–water partition coefficient (Wildman–Crippen LogP) is 3.00. The summed E-state index contributed by atoms with van der Waals surface area (Å²) in [6.07, 6.45) is 2.50. The Morgan fingerprint density at radius 1 is 1.31 bits per heavy atom. The first kappa shape index (κ1) is 11.3. The number of fused-ring (bicyclic) bond motifs is 1. The highest BCUT2D eigenvalue weighted by Gasteiger charge is 2.18. The summed E-state index contributed by atoms with van der Waals surface area (Å²) in [7, 11) is 0. The molecule has 0 aromatic heterocycles. The smallest absolute Gasteiger partial charge is 0.159 e. The second-order valence-corrected chi connectivity index (χ2v) is 4.60. The summed E-state index contributed by atoms with van der Waals surface area (Å²) < 4.78 is 0. The van der Waals surface area contributed by atoms with Gasteiger partial charge in [-0.15, -0.1) is 0 Å². The maximum absolute atomic E-state index is 11.3. The topological polar surface area (TPSA) is 20.3 Å². The van der Waals surface area contributed by atoms with Gasteiger partial charge >= 0.3 is 0 Å². The Labute approximate surface area is 97.3 Å². The number of benzene rings is 1. The first-order valence-corrected chi connectivity index (χ1v) is 6.06. The molecule has 0 N–H and O–H groups in total. The molecule has 0 fully saturated rings. The van der Waals surface area contributed by atoms with Crippen molar-refractivity contribution in [1.82, 2.24) is 4.90 Å². The van der Waals surface area contributed by atoms with Crippen LogP contribution < -0.4 is 0 Å². The second-order valence-electron chi connectivity index (χ2n) is 4.60. The number of Topliss-reactive ketones (excluding diaryl/α,β-unsaturated/α-hetero) is 1. The molecule has 1 heterocycles. The van der Waals surface area contributed by atoms with E-state index in [0.717, 1.165) is 18.7 Å². The molecular weight excluding hydrogens is 198 g/mol. The van der Waals surface area contributed by atoms with Gasteiger partial charge in [0.25, 0.3) is 0 Å². The lowest BCUT2D eigenvalue weighted by molar-refractivity contribution is 0.101. The second kappa shape index (κ2) is 4.79. The number of carbonyl (C=O) groups is 1. The Hall–Kier alpha value is -1.15. The van der Waals surface area contributed by atoms with Crippen LogP contribution in [0.2, 0.25) is 0 Å². The summed E-state index contributed by atoms with van der Waals surface area (Å²) in [5.41, 5.74) is 3.57. The number of hydrogen-bond donors (Lipinski definition) is 0. The van der Waals surface area contributed by atoms with E-state index in [-0.39, 0.29) is 5.78 Å². The van der Waals surface area contributed by atoms with Gasteiger partial charge in [-0.3, -0.25) is 9.69 Å². The molecule has 2 rings (SSSR count). The summed E-state index contributed by atoms with van der Waals surface area (Å²) >= 11 is 0. The van der Waals surface area contributed by atoms with E-state index >= 15 is 0 Å². The van der Waals surface area contributed by atoms with E-state index < -0.39 is 0 Å². The molecule has 0 spiro atoms. The van der Waals surface area contributed by atoms with Crippen LogP contribution in [0.15, 0.2) is 18.2 Å². The minimum absolute atomic E-state index is 0.162. The summed E-state index contributed by atoms with van der Waals surface area (Å²) in [5, 5.41) is 0. The zero-order valence-electron chi connectivity index (χ0n) is 10.1. The zero-order chi connectivity index (χ0) is 11.5. The van der Waals surface area contributed by atoms with Crippen LogP contribution in [0, 0.1) is 0 Å². The third-order valence-corrected chi connectivity index (χ3v) is 3.23. The minimum Gasteiger partial charge on any atom is -0.295 e. The molecule has 1 aromatic carbocycles. The summed E-state index contributed by atoms with van der Waals surface area (Å²) in [4.78, 5) is 13.7. The molecule has 1 aliphatic rings. The first-order valence-electron chi connectivity index (χ1n) is 6.06. The molecular formula is C14H19NO. The van der Waals surface area contributed by atoms with Crippen LogP contribution in [0.5, 0.6) is 0 Å². The van der Waals surface area contributed by atoms with Crippen molar-refractivity contribution in [2.24, 2.45) is 0 Å². The van der Waals surface area contributed by atoms with E-state index in [9.17, 15) is 4.79 Å². The molecule has 0 atom stereocenters. The van der Waals surface area contributed by atoms with E-state index in [1.807, 2.05) is 6.07 Å². The monoisotopic (exact) mass is 217 g/mol. The van der Waals surface area contributed by atoms with Crippen LogP contribution in [0.1, 0.15) is 48.2 Å². The molecule has 0 saturated carbocycles. The molecule has 16 heavy (non-hydrogen) atoms. The highest BCUT2D eigenvalue weighted by atomic mass is 16.1. The van der Waals surface area contributed by atoms with Crippen LogP contribution >= 0.6 is 0 Å². The van der Waals surface area contributed by atoms with Gasteiger partial charge in [0.2, 0.25) is 0 Å². The van der Waals surface area contributed by atoms with Crippen LogP contribution in [0.3, 0.4) is 0 Å². The number of rotatable bonds is 4. The highest BCUT2D eigenvalue weighted by Crippen LogP contribution is 2.24. The molecule has 2 heteroatoms. The van der Waals surface area contributed by atoms with Gasteiger partial charge in [0.05, 0.1) is 0 Å². The lowest BCUT2D eigenvalue weighted by atomic mass is 10.0. The fourth-order valence-electron chi connectivity index (χ4n) is 2.22. The largest absolute Gasteiger partial charge is 0.295 e. The Morgan fingerprint density at radius 2 is 2.06 bits per heavy atom. The molecule has 0 aliphatic carbocycles. The number of unbranched alkanes of at least 4 members (excludes halogenated alkanes) is 1. The van der Waals surface area contributed by atoms with Crippen molar-refractivity contribution in [3.8, 4) is 0 Å². The van der Waals surface area contributed by atoms with E-state index in [1.165, 1.54) is 30.5 Å². The molecule has 0 bridgehead atoms. The van der Waals surface area contributed by atoms with Crippen LogP contribution in [0.25, 0.3) is 0 Å². The molecule has 0 radical (unpaired) electrons. The number of ketones is 1. The third-order valence-electron chi connectivity index (χ3n) is 3.23. The van der Waals surface area contributed by atoms with Crippen LogP contribution in [-0.2, 0) is 13.1 Å². The lowest BCUT2D eigenvalue weighted by Gasteiger charge is -2.13. The van der Waals surface area contributed by atoms with Crippen LogP contribution in [-0.4, -0.2) is 17.2 Å². The zero-order valence-corrected chi connectivity index (χ0v) is 10.1. The predicted molar refractivity (Wildman–Crippen MR) is 65.5 cm³/mol. The van der Waals surface area contributed by atoms with Gasteiger partial charge in [-0.05, 0) is 37.1 Å². The van der Waals surface area contributed by atoms with E-state index in [2.05, 4.69) is 24.0 Å². The Balaban J connectivity index is 2.09. The van der Waals surface area contributed by atoms with Crippen molar-refractivity contribution in [3.63, 3.8) is 0 Å². The summed E-state index contributed by atoms with van der Waals surface area (Å²) in [5.74, 6) is 0.162. The number of nitrogens with zero attached hydrogens (tertiary/aromatic N) is 1. The molecule has 0 amide bonds. The normalized spacial score (nSPS) is 15.1. The van der Waals surface area contributed by atoms with Crippen molar-refractivity contribution < 1.29 is 4.79 Å². The molecule has 1 aromatic rings. The maximum Gasteiger partial charge on any atom is 0.159 e. The van der Waals surface area contributed by atoms with Gasteiger partial charge < -0.3 is 0 Å². The summed E-state index contributed by atoms with van der Waals surface area (Å²) in [6, 6.07) is 6.12. The average Bonchev–Trinajstić information content (AvgIpc) is 2.67. The highest BCUT2D eigenvalue weighted by molar-refractivity contribution is 5.94. The van der Waals surface area contributed by atoms with Gasteiger partial charge in [-0.1, -0.05) is 25.5 Å². The van der Waals surface area contributed by atoms with Gasteiger partial charge in [0.1, 0.15) is 0 Å². The van der Waals surface area contributed by atoms with Gasteiger partial charge in [-0.25, -0.2) is 0 Å². The van der Waals surface area contributed by atoms with Crippen molar-refractivity contribution in [2.45, 2.75) is 39.8 Å². The quantitative estimate of drug-likeness (QED) is 0.723. The van der Waals surface area contributed by atoms with Gasteiger partial charge in [-0.2, -0.15) is 0 Å². The van der Waals surface area contributed by atoms with Crippen molar-refractivity contribution in [2.75, 3.05) is 6.54 Å². The van der Waals surface area contributed by atoms with Crippen molar-refractivity contribution in [1.29, 1.82) is 0 Å². The Morgan fingerprint density at radius 3 is 2.75 bits per heavy atom. The Bertz CT molecular complexity index is 398. The molecule has 2 nitrogen and oxygen atoms in total. The fraction of sp³-hybridized carbons (Fsp3) is 0.500. The van der Waals surface area contributed by atoms with E-state index in [0.29, 0.717) is 0 Å². The van der Waals surface area contributed by atoms with Crippen molar-refractivity contribution >= 4 is 5.78 Å². The van der Waals surface area contributed by atoms with E-state index in [1.54, 1.807) is 6.92 Å².